The van der Waals surface area contributed by atoms with E-state index in [0.717, 1.165) is 19.7 Å². The Morgan fingerprint density at radius 3 is 2.81 bits per heavy atom. The van der Waals surface area contributed by atoms with Gasteiger partial charge in [0.1, 0.15) is 0 Å². The van der Waals surface area contributed by atoms with Crippen molar-refractivity contribution in [2.75, 3.05) is 26.3 Å². The fraction of sp³-hybridized carbons (Fsp3) is 0.846. The van der Waals surface area contributed by atoms with Crippen LogP contribution in [-0.2, 0) is 4.74 Å². The van der Waals surface area contributed by atoms with E-state index in [2.05, 4.69) is 30.9 Å². The number of nitrogens with zero attached hydrogens (tertiary/aromatic N) is 1. The largest absolute Gasteiger partial charge is 0.394 e. The highest BCUT2D eigenvalue weighted by atomic mass is 16.5. The molecule has 1 fully saturated rings. The van der Waals surface area contributed by atoms with Gasteiger partial charge in [-0.2, -0.15) is 0 Å². The van der Waals surface area contributed by atoms with E-state index in [-0.39, 0.29) is 12.6 Å². The van der Waals surface area contributed by atoms with Crippen LogP contribution in [-0.4, -0.2) is 48.5 Å². The Morgan fingerprint density at radius 2 is 2.25 bits per heavy atom. The molecule has 3 nitrogen and oxygen atoms in total. The normalized spacial score (nSPS) is 27.9. The molecule has 1 aliphatic heterocycles. The molecule has 1 heterocycles. The molecule has 1 N–H and O–H groups in total. The zero-order chi connectivity index (χ0) is 11.6. The Hall–Kier alpha value is -0.380. The molecule has 0 radical (unpaired) electrons. The summed E-state index contributed by atoms with van der Waals surface area (Å²) in [5.41, 5.74) is 0.379. The molecule has 1 aliphatic carbocycles. The molecule has 1 atom stereocenters. The van der Waals surface area contributed by atoms with E-state index in [0.29, 0.717) is 11.5 Å². The zero-order valence-electron chi connectivity index (χ0n) is 10.4. The predicted octanol–water partition coefficient (Wildman–Crippen LogP) is 1.42. The molecular formula is C13H23NO2. The summed E-state index contributed by atoms with van der Waals surface area (Å²) in [6.07, 6.45) is 7.13. The van der Waals surface area contributed by atoms with E-state index in [4.69, 9.17) is 4.74 Å². The van der Waals surface area contributed by atoms with Crippen molar-refractivity contribution < 1.29 is 9.84 Å². The van der Waals surface area contributed by atoms with Gasteiger partial charge < -0.3 is 9.84 Å². The molecule has 0 aromatic rings. The predicted molar refractivity (Wildman–Crippen MR) is 64.3 cm³/mol. The Kier molecular flexibility index (Phi) is 3.67. The molecular weight excluding hydrogens is 202 g/mol. The number of aliphatic hydroxyl groups is 1. The number of hydrogen-bond acceptors (Lipinski definition) is 3. The highest BCUT2D eigenvalue weighted by molar-refractivity contribution is 5.07. The Morgan fingerprint density at radius 1 is 1.50 bits per heavy atom. The smallest absolute Gasteiger partial charge is 0.0622 e. The molecule has 3 heteroatoms. The summed E-state index contributed by atoms with van der Waals surface area (Å²) in [4.78, 5) is 2.36. The molecule has 0 saturated heterocycles. The molecule has 1 saturated carbocycles. The molecule has 0 spiro atoms. The van der Waals surface area contributed by atoms with Gasteiger partial charge >= 0.3 is 0 Å². The van der Waals surface area contributed by atoms with Crippen LogP contribution >= 0.6 is 0 Å². The highest BCUT2D eigenvalue weighted by Crippen LogP contribution is 2.47. The summed E-state index contributed by atoms with van der Waals surface area (Å²) >= 11 is 0. The monoisotopic (exact) mass is 225 g/mol. The minimum atomic E-state index is 0.233. The van der Waals surface area contributed by atoms with Gasteiger partial charge in [0, 0.05) is 18.5 Å². The minimum absolute atomic E-state index is 0.233. The second-order valence-electron chi connectivity index (χ2n) is 5.47. The quantitative estimate of drug-likeness (QED) is 0.694. The molecule has 0 aromatic heterocycles. The lowest BCUT2D eigenvalue weighted by Crippen LogP contribution is -2.39. The summed E-state index contributed by atoms with van der Waals surface area (Å²) in [5.74, 6) is 0. The molecule has 0 amide bonds. The van der Waals surface area contributed by atoms with Gasteiger partial charge in [-0.15, -0.1) is 0 Å². The van der Waals surface area contributed by atoms with Gasteiger partial charge in [-0.3, -0.25) is 4.90 Å². The Balaban J connectivity index is 1.80. The zero-order valence-corrected chi connectivity index (χ0v) is 10.4. The standard InChI is InChI=1S/C13H23NO2/c1-11(2)16-10-13(5-6-13)9-14-7-3-4-12(14)8-15/h3-4,11-12,15H,5-10H2,1-2H3. The van der Waals surface area contributed by atoms with Gasteiger partial charge in [-0.05, 0) is 26.7 Å². The van der Waals surface area contributed by atoms with E-state index in [9.17, 15) is 5.11 Å². The molecule has 2 rings (SSSR count). The second kappa shape index (κ2) is 4.86. The lowest BCUT2D eigenvalue weighted by molar-refractivity contribution is 0.0275. The molecule has 0 bridgehead atoms. The summed E-state index contributed by atoms with van der Waals surface area (Å²) < 4.78 is 5.74. The average molecular weight is 225 g/mol. The maximum absolute atomic E-state index is 9.25. The molecule has 1 unspecified atom stereocenters. The average Bonchev–Trinajstić information content (AvgIpc) is 2.86. The van der Waals surface area contributed by atoms with Crippen LogP contribution in [0.4, 0.5) is 0 Å². The van der Waals surface area contributed by atoms with Crippen LogP contribution in [0.25, 0.3) is 0 Å². The third kappa shape index (κ3) is 2.84. The summed E-state index contributed by atoms with van der Waals surface area (Å²) in [5, 5.41) is 9.25. The number of aliphatic hydroxyl groups excluding tert-OH is 1. The van der Waals surface area contributed by atoms with Gasteiger partial charge in [-0.1, -0.05) is 12.2 Å². The van der Waals surface area contributed by atoms with Crippen LogP contribution in [0.15, 0.2) is 12.2 Å². The summed E-state index contributed by atoms with van der Waals surface area (Å²) in [7, 11) is 0. The van der Waals surface area contributed by atoms with E-state index in [1.54, 1.807) is 0 Å². The SMILES string of the molecule is CC(C)OCC1(CN2CC=CC2CO)CC1. The van der Waals surface area contributed by atoms with Crippen LogP contribution in [0.2, 0.25) is 0 Å². The van der Waals surface area contributed by atoms with Crippen LogP contribution < -0.4 is 0 Å². The first-order chi connectivity index (χ1) is 7.65. The van der Waals surface area contributed by atoms with Crippen molar-refractivity contribution >= 4 is 0 Å². The van der Waals surface area contributed by atoms with Crippen LogP contribution in [0, 0.1) is 5.41 Å². The van der Waals surface area contributed by atoms with Crippen molar-refractivity contribution in [3.05, 3.63) is 12.2 Å². The first-order valence-electron chi connectivity index (χ1n) is 6.28. The van der Waals surface area contributed by atoms with Crippen LogP contribution in [0.5, 0.6) is 0 Å². The van der Waals surface area contributed by atoms with Crippen molar-refractivity contribution in [1.29, 1.82) is 0 Å². The van der Waals surface area contributed by atoms with Crippen LogP contribution in [0.3, 0.4) is 0 Å². The summed E-state index contributed by atoms with van der Waals surface area (Å²) in [6.45, 7) is 7.33. The van der Waals surface area contributed by atoms with E-state index < -0.39 is 0 Å². The second-order valence-corrected chi connectivity index (χ2v) is 5.47. The van der Waals surface area contributed by atoms with Gasteiger partial charge in [-0.25, -0.2) is 0 Å². The topological polar surface area (TPSA) is 32.7 Å². The summed E-state index contributed by atoms with van der Waals surface area (Å²) in [6, 6.07) is 0.233. The van der Waals surface area contributed by atoms with Crippen LogP contribution in [0.1, 0.15) is 26.7 Å². The van der Waals surface area contributed by atoms with Crippen molar-refractivity contribution in [2.45, 2.75) is 38.8 Å². The Labute approximate surface area is 98.1 Å². The first kappa shape index (κ1) is 12.1. The van der Waals surface area contributed by atoms with E-state index in [1.807, 2.05) is 0 Å². The lowest BCUT2D eigenvalue weighted by atomic mass is 10.1. The van der Waals surface area contributed by atoms with Gasteiger partial charge in [0.05, 0.1) is 25.4 Å². The van der Waals surface area contributed by atoms with Gasteiger partial charge in [0.25, 0.3) is 0 Å². The maximum Gasteiger partial charge on any atom is 0.0622 e. The molecule has 16 heavy (non-hydrogen) atoms. The van der Waals surface area contributed by atoms with Gasteiger partial charge in [0.2, 0.25) is 0 Å². The number of ether oxygens (including phenoxy) is 1. The third-order valence-corrected chi connectivity index (χ3v) is 3.57. The van der Waals surface area contributed by atoms with E-state index >= 15 is 0 Å². The number of rotatable bonds is 6. The lowest BCUT2D eigenvalue weighted by Gasteiger charge is -2.28. The van der Waals surface area contributed by atoms with Crippen molar-refractivity contribution in [3.8, 4) is 0 Å². The van der Waals surface area contributed by atoms with Gasteiger partial charge in [0.15, 0.2) is 0 Å². The molecule has 2 aliphatic rings. The highest BCUT2D eigenvalue weighted by Gasteiger charge is 2.45. The fourth-order valence-electron chi connectivity index (χ4n) is 2.27. The molecule has 92 valence electrons. The Bertz CT molecular complexity index is 259. The fourth-order valence-corrected chi connectivity index (χ4v) is 2.27. The van der Waals surface area contributed by atoms with Crippen molar-refractivity contribution in [3.63, 3.8) is 0 Å². The van der Waals surface area contributed by atoms with E-state index in [1.165, 1.54) is 12.8 Å². The third-order valence-electron chi connectivity index (χ3n) is 3.57. The van der Waals surface area contributed by atoms with Crippen molar-refractivity contribution in [2.24, 2.45) is 5.41 Å². The molecule has 0 aromatic carbocycles. The maximum atomic E-state index is 9.25. The van der Waals surface area contributed by atoms with Crippen molar-refractivity contribution in [1.82, 2.24) is 4.90 Å². The minimum Gasteiger partial charge on any atom is -0.394 e. The number of hydrogen-bond donors (Lipinski definition) is 1. The first-order valence-corrected chi connectivity index (χ1v) is 6.28.